The van der Waals surface area contributed by atoms with Crippen LogP contribution in [0, 0.1) is 11.7 Å². The van der Waals surface area contributed by atoms with Crippen molar-refractivity contribution in [2.45, 2.75) is 25.2 Å². The van der Waals surface area contributed by atoms with E-state index in [9.17, 15) is 9.18 Å². The Morgan fingerprint density at radius 3 is 2.38 bits per heavy atom. The molecule has 0 N–H and O–H groups in total. The largest absolute Gasteiger partial charge is 0.497 e. The molecule has 2 unspecified atom stereocenters. The number of nitrogens with zero attached hydrogens (tertiary/aromatic N) is 2. The van der Waals surface area contributed by atoms with Crippen LogP contribution < -0.4 is 4.74 Å². The van der Waals surface area contributed by atoms with Gasteiger partial charge in [0.15, 0.2) is 0 Å². The van der Waals surface area contributed by atoms with Gasteiger partial charge in [0.1, 0.15) is 11.6 Å². The summed E-state index contributed by atoms with van der Waals surface area (Å²) in [4.78, 5) is 17.5. The number of hydrogen-bond acceptors (Lipinski definition) is 3. The first kappa shape index (κ1) is 19.9. The van der Waals surface area contributed by atoms with Crippen molar-refractivity contribution in [2.75, 3.05) is 39.8 Å². The van der Waals surface area contributed by atoms with Crippen molar-refractivity contribution < 1.29 is 13.9 Å². The van der Waals surface area contributed by atoms with Crippen LogP contribution in [0.4, 0.5) is 4.39 Å². The molecular weight excluding hydrogens is 367 g/mol. The van der Waals surface area contributed by atoms with Gasteiger partial charge in [0.05, 0.1) is 13.5 Å². The van der Waals surface area contributed by atoms with Gasteiger partial charge in [-0.25, -0.2) is 4.39 Å². The first-order valence-electron chi connectivity index (χ1n) is 10.5. The van der Waals surface area contributed by atoms with E-state index in [4.69, 9.17) is 4.74 Å². The summed E-state index contributed by atoms with van der Waals surface area (Å²) in [6.45, 7) is 4.78. The molecule has 29 heavy (non-hydrogen) atoms. The van der Waals surface area contributed by atoms with Gasteiger partial charge < -0.3 is 14.5 Å². The highest BCUT2D eigenvalue weighted by Crippen LogP contribution is 2.34. The fraction of sp³-hybridized carbons (Fsp3) is 0.458. The predicted molar refractivity (Wildman–Crippen MR) is 112 cm³/mol. The van der Waals surface area contributed by atoms with Gasteiger partial charge in [0.2, 0.25) is 5.91 Å². The third-order valence-electron chi connectivity index (χ3n) is 6.30. The minimum absolute atomic E-state index is 0.159. The second-order valence-electron chi connectivity index (χ2n) is 8.25. The molecule has 2 heterocycles. The van der Waals surface area contributed by atoms with Gasteiger partial charge in [-0.1, -0.05) is 24.3 Å². The standard InChI is InChI=1S/C24H29FN2O2/c1-29-22-10-4-18(5-11-22)14-24(28)27-16-20(15-26-12-2-3-13-26)23(17-27)19-6-8-21(25)9-7-19/h4-11,20,23H,2-3,12-17H2,1H3. The molecule has 2 aromatic rings. The summed E-state index contributed by atoms with van der Waals surface area (Å²) in [5, 5.41) is 0. The molecule has 2 saturated heterocycles. The van der Waals surface area contributed by atoms with Crippen LogP contribution in [0.25, 0.3) is 0 Å². The average Bonchev–Trinajstić information content (AvgIpc) is 3.40. The fourth-order valence-corrected chi connectivity index (χ4v) is 4.67. The summed E-state index contributed by atoms with van der Waals surface area (Å²) in [6, 6.07) is 14.5. The lowest BCUT2D eigenvalue weighted by Gasteiger charge is -2.24. The lowest BCUT2D eigenvalue weighted by molar-refractivity contribution is -0.129. The topological polar surface area (TPSA) is 32.8 Å². The van der Waals surface area contributed by atoms with Crippen LogP contribution in [-0.2, 0) is 11.2 Å². The Morgan fingerprint density at radius 2 is 1.72 bits per heavy atom. The average molecular weight is 397 g/mol. The van der Waals surface area contributed by atoms with Crippen LogP contribution in [0.15, 0.2) is 48.5 Å². The van der Waals surface area contributed by atoms with E-state index in [0.717, 1.165) is 43.1 Å². The third-order valence-corrected chi connectivity index (χ3v) is 6.30. The Morgan fingerprint density at radius 1 is 1.03 bits per heavy atom. The highest BCUT2D eigenvalue weighted by atomic mass is 19.1. The summed E-state index contributed by atoms with van der Waals surface area (Å²) in [5.74, 6) is 1.39. The smallest absolute Gasteiger partial charge is 0.227 e. The molecule has 0 spiro atoms. The van der Waals surface area contributed by atoms with Crippen molar-refractivity contribution in [2.24, 2.45) is 5.92 Å². The second kappa shape index (κ2) is 8.95. The van der Waals surface area contributed by atoms with Gasteiger partial charge in [-0.2, -0.15) is 0 Å². The van der Waals surface area contributed by atoms with Crippen molar-refractivity contribution >= 4 is 5.91 Å². The lowest BCUT2D eigenvalue weighted by Crippen LogP contribution is -2.33. The number of likely N-dealkylation sites (tertiary alicyclic amines) is 2. The van der Waals surface area contributed by atoms with E-state index in [1.54, 1.807) is 7.11 Å². The van der Waals surface area contributed by atoms with Crippen LogP contribution in [0.5, 0.6) is 5.75 Å². The highest BCUT2D eigenvalue weighted by Gasteiger charge is 2.37. The molecule has 0 aromatic heterocycles. The molecule has 2 atom stereocenters. The van der Waals surface area contributed by atoms with Crippen molar-refractivity contribution in [3.63, 3.8) is 0 Å². The maximum atomic E-state index is 13.4. The predicted octanol–water partition coefficient (Wildman–Crippen LogP) is 3.71. The summed E-state index contributed by atoms with van der Waals surface area (Å²) >= 11 is 0. The Balaban J connectivity index is 1.46. The number of carbonyl (C=O) groups excluding carboxylic acids is 1. The maximum Gasteiger partial charge on any atom is 0.227 e. The zero-order chi connectivity index (χ0) is 20.2. The van der Waals surface area contributed by atoms with Gasteiger partial charge in [0.25, 0.3) is 0 Å². The normalized spacial score (nSPS) is 22.2. The number of hydrogen-bond donors (Lipinski definition) is 0. The maximum absolute atomic E-state index is 13.4. The Labute approximate surface area is 172 Å². The molecule has 2 aliphatic heterocycles. The molecule has 0 aliphatic carbocycles. The second-order valence-corrected chi connectivity index (χ2v) is 8.25. The molecule has 0 saturated carbocycles. The monoisotopic (exact) mass is 396 g/mol. The van der Waals surface area contributed by atoms with Crippen molar-refractivity contribution in [1.29, 1.82) is 0 Å². The Kier molecular flexibility index (Phi) is 6.14. The van der Waals surface area contributed by atoms with E-state index in [1.807, 2.05) is 41.3 Å². The number of methoxy groups -OCH3 is 1. The first-order valence-corrected chi connectivity index (χ1v) is 10.5. The molecular formula is C24H29FN2O2. The number of amides is 1. The van der Waals surface area contributed by atoms with Gasteiger partial charge in [-0.05, 0) is 67.2 Å². The fourth-order valence-electron chi connectivity index (χ4n) is 4.67. The van der Waals surface area contributed by atoms with Crippen LogP contribution >= 0.6 is 0 Å². The number of carbonyl (C=O) groups is 1. The molecule has 0 bridgehead atoms. The van der Waals surface area contributed by atoms with Crippen LogP contribution in [0.3, 0.4) is 0 Å². The van der Waals surface area contributed by atoms with E-state index in [1.165, 1.54) is 25.0 Å². The minimum atomic E-state index is -0.213. The van der Waals surface area contributed by atoms with E-state index < -0.39 is 0 Å². The van der Waals surface area contributed by atoms with Crippen LogP contribution in [0.1, 0.15) is 29.9 Å². The van der Waals surface area contributed by atoms with E-state index in [2.05, 4.69) is 4.90 Å². The van der Waals surface area contributed by atoms with Gasteiger partial charge >= 0.3 is 0 Å². The number of benzene rings is 2. The van der Waals surface area contributed by atoms with E-state index in [0.29, 0.717) is 18.9 Å². The van der Waals surface area contributed by atoms with Crippen molar-refractivity contribution in [3.05, 3.63) is 65.5 Å². The highest BCUT2D eigenvalue weighted by molar-refractivity contribution is 5.79. The van der Waals surface area contributed by atoms with E-state index in [-0.39, 0.29) is 17.6 Å². The molecule has 2 fully saturated rings. The summed E-state index contributed by atoms with van der Waals surface area (Å²) in [7, 11) is 1.64. The molecule has 0 radical (unpaired) electrons. The summed E-state index contributed by atoms with van der Waals surface area (Å²) in [5.41, 5.74) is 2.13. The van der Waals surface area contributed by atoms with Crippen molar-refractivity contribution in [3.8, 4) is 5.75 Å². The number of ether oxygens (including phenoxy) is 1. The minimum Gasteiger partial charge on any atom is -0.497 e. The van der Waals surface area contributed by atoms with Gasteiger partial charge in [-0.3, -0.25) is 4.79 Å². The summed E-state index contributed by atoms with van der Waals surface area (Å²) < 4.78 is 18.6. The molecule has 2 aliphatic rings. The van der Waals surface area contributed by atoms with Crippen molar-refractivity contribution in [1.82, 2.24) is 9.80 Å². The molecule has 4 rings (SSSR count). The van der Waals surface area contributed by atoms with Crippen LogP contribution in [-0.4, -0.2) is 55.5 Å². The van der Waals surface area contributed by atoms with Crippen LogP contribution in [0.2, 0.25) is 0 Å². The quantitative estimate of drug-likeness (QED) is 0.746. The lowest BCUT2D eigenvalue weighted by atomic mass is 9.88. The van der Waals surface area contributed by atoms with Gasteiger partial charge in [-0.15, -0.1) is 0 Å². The zero-order valence-electron chi connectivity index (χ0n) is 17.0. The SMILES string of the molecule is COc1ccc(CC(=O)N2CC(CN3CCCC3)C(c3ccc(F)cc3)C2)cc1. The van der Waals surface area contributed by atoms with E-state index >= 15 is 0 Å². The van der Waals surface area contributed by atoms with Gasteiger partial charge in [0, 0.05) is 25.6 Å². The molecule has 5 heteroatoms. The molecule has 154 valence electrons. The number of halogens is 1. The summed E-state index contributed by atoms with van der Waals surface area (Å²) in [6.07, 6.45) is 2.92. The molecule has 4 nitrogen and oxygen atoms in total. The Hall–Kier alpha value is -2.40. The zero-order valence-corrected chi connectivity index (χ0v) is 17.0. The molecule has 1 amide bonds. The third kappa shape index (κ3) is 4.78. The first-order chi connectivity index (χ1) is 14.1. The Bertz CT molecular complexity index is 816. The number of rotatable bonds is 6. The molecule has 2 aromatic carbocycles.